The van der Waals surface area contributed by atoms with Crippen LogP contribution in [0.4, 0.5) is 0 Å². The van der Waals surface area contributed by atoms with Crippen LogP contribution in [0.1, 0.15) is 27.2 Å². The molecule has 2 N–H and O–H groups in total. The third-order valence-electron chi connectivity index (χ3n) is 1.34. The summed E-state index contributed by atoms with van der Waals surface area (Å²) in [6.45, 7) is 5.25. The van der Waals surface area contributed by atoms with Crippen LogP contribution >= 0.6 is 0 Å². The normalized spacial score (nSPS) is 16.1. The minimum atomic E-state index is -0.836. The Kier molecular flexibility index (Phi) is 4.86. The molecule has 0 spiro atoms. The zero-order valence-electron chi connectivity index (χ0n) is 7.99. The Balaban J connectivity index is 3.83. The van der Waals surface area contributed by atoms with Crippen LogP contribution in [0.2, 0.25) is 0 Å². The second-order valence-corrected chi connectivity index (χ2v) is 3.38. The molecule has 0 aromatic rings. The van der Waals surface area contributed by atoms with Crippen LogP contribution in [-0.2, 0) is 0 Å². The number of allylic oxidation sites excluding steroid dienone is 1. The molecular weight excluding hydrogens is 152 g/mol. The van der Waals surface area contributed by atoms with Gasteiger partial charge in [-0.2, -0.15) is 0 Å². The Bertz CT molecular complexity index is 163. The van der Waals surface area contributed by atoms with Crippen molar-refractivity contribution in [3.63, 3.8) is 0 Å². The van der Waals surface area contributed by atoms with Gasteiger partial charge in [-0.3, -0.25) is 0 Å². The van der Waals surface area contributed by atoms with Crippen molar-refractivity contribution in [1.29, 1.82) is 0 Å². The molecule has 0 saturated carbocycles. The highest BCUT2D eigenvalue weighted by atomic mass is 16.3. The van der Waals surface area contributed by atoms with Gasteiger partial charge in [0.1, 0.15) is 0 Å². The van der Waals surface area contributed by atoms with Crippen molar-refractivity contribution in [2.24, 2.45) is 0 Å². The number of hydrogen-bond donors (Lipinski definition) is 2. The van der Waals surface area contributed by atoms with Gasteiger partial charge in [0, 0.05) is 0 Å². The summed E-state index contributed by atoms with van der Waals surface area (Å²) >= 11 is 0. The van der Waals surface area contributed by atoms with Crippen molar-refractivity contribution in [1.82, 2.24) is 0 Å². The van der Waals surface area contributed by atoms with Gasteiger partial charge in [-0.05, 0) is 27.2 Å². The van der Waals surface area contributed by atoms with Crippen LogP contribution in [-0.4, -0.2) is 21.9 Å². The van der Waals surface area contributed by atoms with Crippen LogP contribution < -0.4 is 0 Å². The summed E-state index contributed by atoms with van der Waals surface area (Å²) in [7, 11) is 0. The molecule has 0 amide bonds. The largest absolute Gasteiger partial charge is 0.389 e. The Hall–Kier alpha value is -0.600. The summed E-state index contributed by atoms with van der Waals surface area (Å²) in [5, 5.41) is 18.6. The third-order valence-corrected chi connectivity index (χ3v) is 1.34. The van der Waals surface area contributed by atoms with E-state index in [9.17, 15) is 10.2 Å². The predicted molar refractivity (Wildman–Crippen MR) is 50.9 cm³/mol. The van der Waals surface area contributed by atoms with Crippen LogP contribution in [0.3, 0.4) is 0 Å². The summed E-state index contributed by atoms with van der Waals surface area (Å²) in [6.07, 6.45) is 7.10. The predicted octanol–water partition coefficient (Wildman–Crippen LogP) is 1.64. The summed E-state index contributed by atoms with van der Waals surface area (Å²) in [5.41, 5.74) is -0.836. The maximum atomic E-state index is 9.29. The molecular formula is C10H18O2. The lowest BCUT2D eigenvalue weighted by Gasteiger charge is -2.11. The zero-order valence-corrected chi connectivity index (χ0v) is 7.99. The van der Waals surface area contributed by atoms with E-state index in [-0.39, 0.29) is 0 Å². The Labute approximate surface area is 74.2 Å². The minimum Gasteiger partial charge on any atom is -0.389 e. The van der Waals surface area contributed by atoms with E-state index in [1.54, 1.807) is 26.0 Å². The molecule has 1 atom stereocenters. The zero-order chi connectivity index (χ0) is 9.61. The number of aliphatic hydroxyl groups is 2. The van der Waals surface area contributed by atoms with Gasteiger partial charge in [-0.1, -0.05) is 24.3 Å². The van der Waals surface area contributed by atoms with Gasteiger partial charge < -0.3 is 10.2 Å². The van der Waals surface area contributed by atoms with Crippen LogP contribution in [0.25, 0.3) is 0 Å². The molecule has 0 saturated heterocycles. The van der Waals surface area contributed by atoms with Gasteiger partial charge in [-0.25, -0.2) is 0 Å². The van der Waals surface area contributed by atoms with E-state index in [2.05, 4.69) is 0 Å². The Morgan fingerprint density at radius 1 is 1.42 bits per heavy atom. The lowest BCUT2D eigenvalue weighted by molar-refractivity contribution is 0.130. The summed E-state index contributed by atoms with van der Waals surface area (Å²) in [6, 6.07) is 0. The van der Waals surface area contributed by atoms with Crippen LogP contribution in [0.5, 0.6) is 0 Å². The fourth-order valence-corrected chi connectivity index (χ4v) is 0.701. The first-order chi connectivity index (χ1) is 5.45. The monoisotopic (exact) mass is 170 g/mol. The van der Waals surface area contributed by atoms with Crippen LogP contribution in [0.15, 0.2) is 24.3 Å². The second-order valence-electron chi connectivity index (χ2n) is 3.38. The third kappa shape index (κ3) is 7.51. The maximum absolute atomic E-state index is 9.29. The molecule has 0 aliphatic rings. The van der Waals surface area contributed by atoms with Crippen molar-refractivity contribution in [3.8, 4) is 0 Å². The lowest BCUT2D eigenvalue weighted by Crippen LogP contribution is -2.15. The van der Waals surface area contributed by atoms with Gasteiger partial charge in [-0.15, -0.1) is 0 Å². The van der Waals surface area contributed by atoms with Gasteiger partial charge in [0.2, 0.25) is 0 Å². The highest BCUT2D eigenvalue weighted by Crippen LogP contribution is 2.04. The molecule has 0 heterocycles. The highest BCUT2D eigenvalue weighted by molar-refractivity contribution is 5.00. The van der Waals surface area contributed by atoms with E-state index in [0.29, 0.717) is 6.42 Å². The van der Waals surface area contributed by atoms with Gasteiger partial charge >= 0.3 is 0 Å². The van der Waals surface area contributed by atoms with E-state index in [1.165, 1.54) is 0 Å². The molecule has 0 aromatic heterocycles. The van der Waals surface area contributed by atoms with Crippen molar-refractivity contribution in [2.45, 2.75) is 38.9 Å². The fourth-order valence-electron chi connectivity index (χ4n) is 0.701. The molecule has 0 bridgehead atoms. The highest BCUT2D eigenvalue weighted by Gasteiger charge is 2.06. The molecule has 0 aromatic carbocycles. The second kappa shape index (κ2) is 5.12. The smallest absolute Gasteiger partial charge is 0.0772 e. The summed E-state index contributed by atoms with van der Waals surface area (Å²) in [5.74, 6) is 0. The maximum Gasteiger partial charge on any atom is 0.0772 e. The van der Waals surface area contributed by atoms with E-state index >= 15 is 0 Å². The molecule has 2 nitrogen and oxygen atoms in total. The van der Waals surface area contributed by atoms with Crippen molar-refractivity contribution < 1.29 is 10.2 Å². The molecule has 70 valence electrons. The standard InChI is InChI=1S/C10H18O2/c1-4-5-6-9(11)7-8-10(2,3)12/h4-5,7-9,11-12H,6H2,1-3H3. The molecule has 0 fully saturated rings. The molecule has 0 rings (SSSR count). The number of rotatable bonds is 4. The minimum absolute atomic E-state index is 0.493. The molecule has 12 heavy (non-hydrogen) atoms. The van der Waals surface area contributed by atoms with E-state index in [1.807, 2.05) is 19.1 Å². The van der Waals surface area contributed by atoms with Gasteiger partial charge in [0.25, 0.3) is 0 Å². The van der Waals surface area contributed by atoms with E-state index < -0.39 is 11.7 Å². The molecule has 0 radical (unpaired) electrons. The lowest BCUT2D eigenvalue weighted by atomic mass is 10.1. The number of aliphatic hydroxyl groups excluding tert-OH is 1. The van der Waals surface area contributed by atoms with Crippen molar-refractivity contribution >= 4 is 0 Å². The number of hydrogen-bond acceptors (Lipinski definition) is 2. The quantitative estimate of drug-likeness (QED) is 0.630. The summed E-state index contributed by atoms with van der Waals surface area (Å²) in [4.78, 5) is 0. The first-order valence-electron chi connectivity index (χ1n) is 4.16. The molecule has 0 aliphatic carbocycles. The van der Waals surface area contributed by atoms with Crippen molar-refractivity contribution in [2.75, 3.05) is 0 Å². The van der Waals surface area contributed by atoms with E-state index in [0.717, 1.165) is 0 Å². The van der Waals surface area contributed by atoms with Gasteiger partial charge in [0.05, 0.1) is 11.7 Å². The Morgan fingerprint density at radius 3 is 2.42 bits per heavy atom. The van der Waals surface area contributed by atoms with Crippen LogP contribution in [0, 0.1) is 0 Å². The molecule has 2 heteroatoms. The van der Waals surface area contributed by atoms with Gasteiger partial charge in [0.15, 0.2) is 0 Å². The topological polar surface area (TPSA) is 40.5 Å². The van der Waals surface area contributed by atoms with Crippen molar-refractivity contribution in [3.05, 3.63) is 24.3 Å². The first kappa shape index (κ1) is 11.4. The Morgan fingerprint density at radius 2 is 2.00 bits per heavy atom. The van der Waals surface area contributed by atoms with E-state index in [4.69, 9.17) is 0 Å². The molecule has 0 aliphatic heterocycles. The average Bonchev–Trinajstić information content (AvgIpc) is 1.95. The SMILES string of the molecule is CC=CCC(O)C=CC(C)(C)O. The first-order valence-corrected chi connectivity index (χ1v) is 4.16. The fraction of sp³-hybridized carbons (Fsp3) is 0.600. The average molecular weight is 170 g/mol. The molecule has 1 unspecified atom stereocenters. The summed E-state index contributed by atoms with van der Waals surface area (Å²) < 4.78 is 0.